The van der Waals surface area contributed by atoms with Crippen LogP contribution in [0.15, 0.2) is 78.9 Å². The molecule has 0 saturated heterocycles. The van der Waals surface area contributed by atoms with Gasteiger partial charge in [-0.2, -0.15) is 0 Å². The van der Waals surface area contributed by atoms with Gasteiger partial charge in [-0.05, 0) is 55.9 Å². The normalized spacial score (nSPS) is 15.5. The van der Waals surface area contributed by atoms with Crippen LogP contribution in [0.1, 0.15) is 53.6 Å². The van der Waals surface area contributed by atoms with Gasteiger partial charge in [0.15, 0.2) is 0 Å². The van der Waals surface area contributed by atoms with E-state index in [4.69, 9.17) is 14.5 Å². The Hall–Kier alpha value is -4.19. The molecular weight excluding hydrogens is 464 g/mol. The number of ether oxygens (including phenoxy) is 2. The minimum atomic E-state index is -1.15. The zero-order chi connectivity index (χ0) is 25.8. The van der Waals surface area contributed by atoms with Crippen LogP contribution < -0.4 is 10.1 Å². The molecule has 4 aromatic rings. The molecule has 0 aliphatic heterocycles. The number of nitrogens with one attached hydrogen (secondary N) is 1. The summed E-state index contributed by atoms with van der Waals surface area (Å²) in [6.45, 7) is 4.53. The minimum Gasteiger partial charge on any atom is -0.492 e. The highest BCUT2D eigenvalue weighted by molar-refractivity contribution is 6.06. The molecule has 1 aliphatic rings. The zero-order valence-electron chi connectivity index (χ0n) is 21.1. The van der Waals surface area contributed by atoms with Gasteiger partial charge >= 0.3 is 5.97 Å². The van der Waals surface area contributed by atoms with Gasteiger partial charge in [-0.15, -0.1) is 0 Å². The molecule has 1 N–H and O–H groups in total. The van der Waals surface area contributed by atoms with Crippen molar-refractivity contribution < 1.29 is 19.1 Å². The van der Waals surface area contributed by atoms with Crippen LogP contribution in [-0.2, 0) is 22.4 Å². The number of fused-ring (bicyclic) bond motifs is 2. The van der Waals surface area contributed by atoms with E-state index in [9.17, 15) is 9.59 Å². The number of esters is 1. The maximum Gasteiger partial charge on any atom is 0.340 e. The Morgan fingerprint density at radius 3 is 2.54 bits per heavy atom. The molecule has 3 aromatic carbocycles. The van der Waals surface area contributed by atoms with Crippen LogP contribution in [0.2, 0.25) is 0 Å². The van der Waals surface area contributed by atoms with Crippen LogP contribution in [0.3, 0.4) is 0 Å². The molecule has 1 aromatic heterocycles. The van der Waals surface area contributed by atoms with Crippen LogP contribution in [0.25, 0.3) is 10.9 Å². The lowest BCUT2D eigenvalue weighted by atomic mass is 9.84. The Balaban J connectivity index is 1.53. The summed E-state index contributed by atoms with van der Waals surface area (Å²) in [4.78, 5) is 32.3. The predicted molar refractivity (Wildman–Crippen MR) is 144 cm³/mol. The van der Waals surface area contributed by atoms with Gasteiger partial charge in [0.05, 0.1) is 23.4 Å². The van der Waals surface area contributed by atoms with E-state index in [0.717, 1.165) is 41.4 Å². The van der Waals surface area contributed by atoms with Gasteiger partial charge in [0, 0.05) is 16.6 Å². The number of para-hydroxylation sites is 3. The number of hydrogen-bond donors (Lipinski definition) is 1. The van der Waals surface area contributed by atoms with Gasteiger partial charge in [0.25, 0.3) is 5.91 Å². The first-order valence-corrected chi connectivity index (χ1v) is 12.7. The highest BCUT2D eigenvalue weighted by Gasteiger charge is 2.31. The average molecular weight is 495 g/mol. The molecule has 1 amide bonds. The predicted octanol–water partition coefficient (Wildman–Crippen LogP) is 6.30. The number of hydrogen-bond acceptors (Lipinski definition) is 5. The number of benzene rings is 3. The fourth-order valence-electron chi connectivity index (χ4n) is 4.91. The van der Waals surface area contributed by atoms with Gasteiger partial charge in [0.2, 0.25) is 6.10 Å². The summed E-state index contributed by atoms with van der Waals surface area (Å²) >= 11 is 0. The third-order valence-electron chi connectivity index (χ3n) is 6.72. The summed E-state index contributed by atoms with van der Waals surface area (Å²) in [6.07, 6.45) is 1.45. The topological polar surface area (TPSA) is 77.5 Å². The summed E-state index contributed by atoms with van der Waals surface area (Å²) in [7, 11) is 0. The number of aromatic nitrogens is 1. The third-order valence-corrected chi connectivity index (χ3v) is 6.72. The number of pyridine rings is 1. The fourth-order valence-corrected chi connectivity index (χ4v) is 4.91. The van der Waals surface area contributed by atoms with E-state index in [0.29, 0.717) is 35.1 Å². The number of nitrogens with zero attached hydrogens (tertiary/aromatic N) is 1. The number of carbonyl (C=O) groups is 2. The van der Waals surface area contributed by atoms with E-state index in [1.54, 1.807) is 24.3 Å². The molecule has 2 unspecified atom stereocenters. The summed E-state index contributed by atoms with van der Waals surface area (Å²) in [5, 5.41) is 3.65. The van der Waals surface area contributed by atoms with Gasteiger partial charge in [-0.1, -0.05) is 67.6 Å². The first-order chi connectivity index (χ1) is 18.0. The fraction of sp³-hybridized carbons (Fsp3) is 0.258. The highest BCUT2D eigenvalue weighted by atomic mass is 16.5. The molecule has 0 spiro atoms. The van der Waals surface area contributed by atoms with Crippen LogP contribution in [0, 0.1) is 5.92 Å². The SMILES string of the molecule is CCOc1ccccc1NC(=O)C(OC(=O)c1c2c(nc3ccccc13)CCC(C)C2)c1ccccc1. The largest absolute Gasteiger partial charge is 0.492 e. The van der Waals surface area contributed by atoms with Crippen molar-refractivity contribution in [2.24, 2.45) is 5.92 Å². The molecule has 0 fully saturated rings. The Labute approximate surface area is 216 Å². The van der Waals surface area contributed by atoms with Crippen LogP contribution in [-0.4, -0.2) is 23.5 Å². The monoisotopic (exact) mass is 494 g/mol. The second kappa shape index (κ2) is 10.8. The van der Waals surface area contributed by atoms with Crippen molar-refractivity contribution in [1.82, 2.24) is 4.98 Å². The van der Waals surface area contributed by atoms with Gasteiger partial charge < -0.3 is 14.8 Å². The van der Waals surface area contributed by atoms with E-state index < -0.39 is 18.0 Å². The number of carbonyl (C=O) groups excluding carboxylic acids is 2. The third kappa shape index (κ3) is 5.19. The molecule has 188 valence electrons. The lowest BCUT2D eigenvalue weighted by molar-refractivity contribution is -0.125. The zero-order valence-corrected chi connectivity index (χ0v) is 21.1. The molecule has 37 heavy (non-hydrogen) atoms. The minimum absolute atomic E-state index is 0.435. The Morgan fingerprint density at radius 2 is 1.73 bits per heavy atom. The maximum atomic E-state index is 13.9. The van der Waals surface area contributed by atoms with Crippen LogP contribution in [0.5, 0.6) is 5.75 Å². The highest BCUT2D eigenvalue weighted by Crippen LogP contribution is 2.34. The maximum absolute atomic E-state index is 13.9. The molecule has 0 radical (unpaired) electrons. The lowest BCUT2D eigenvalue weighted by Crippen LogP contribution is -2.27. The van der Waals surface area contributed by atoms with E-state index in [2.05, 4.69) is 12.2 Å². The molecule has 6 heteroatoms. The lowest BCUT2D eigenvalue weighted by Gasteiger charge is -2.25. The summed E-state index contributed by atoms with van der Waals surface area (Å²) in [5.41, 5.74) is 4.24. The molecular formula is C31H30N2O4. The van der Waals surface area contributed by atoms with E-state index >= 15 is 0 Å². The molecule has 0 saturated carbocycles. The Bertz CT molecular complexity index is 1430. The molecule has 1 aliphatic carbocycles. The van der Waals surface area contributed by atoms with Crippen LogP contribution in [0.4, 0.5) is 5.69 Å². The molecule has 6 nitrogen and oxygen atoms in total. The van der Waals surface area contributed by atoms with Crippen molar-refractivity contribution in [3.05, 3.63) is 101 Å². The second-order valence-electron chi connectivity index (χ2n) is 9.39. The Morgan fingerprint density at radius 1 is 1.00 bits per heavy atom. The number of rotatable bonds is 7. The standard InChI is InChI=1S/C31H30N2O4/c1-3-36-27-16-10-9-15-26(27)33-30(34)29(21-11-5-4-6-12-21)37-31(35)28-22-13-7-8-14-24(22)32-25-18-17-20(2)19-23(25)28/h4-16,20,29H,3,17-19H2,1-2H3,(H,33,34). The van der Waals surface area contributed by atoms with Crippen molar-refractivity contribution in [3.63, 3.8) is 0 Å². The second-order valence-corrected chi connectivity index (χ2v) is 9.39. The van der Waals surface area contributed by atoms with Gasteiger partial charge in [0.1, 0.15) is 5.75 Å². The first-order valence-electron chi connectivity index (χ1n) is 12.7. The summed E-state index contributed by atoms with van der Waals surface area (Å²) in [6, 6.07) is 23.9. The van der Waals surface area contributed by atoms with E-state index in [1.165, 1.54) is 0 Å². The average Bonchev–Trinajstić information content (AvgIpc) is 2.92. The number of anilines is 1. The summed E-state index contributed by atoms with van der Waals surface area (Å²) < 4.78 is 11.7. The summed E-state index contributed by atoms with van der Waals surface area (Å²) in [5.74, 6) is 0.0170. The van der Waals surface area contributed by atoms with Crippen molar-refractivity contribution in [2.75, 3.05) is 11.9 Å². The van der Waals surface area contributed by atoms with E-state index in [-0.39, 0.29) is 0 Å². The van der Waals surface area contributed by atoms with E-state index in [1.807, 2.05) is 61.5 Å². The van der Waals surface area contributed by atoms with Crippen molar-refractivity contribution in [1.29, 1.82) is 0 Å². The molecule has 2 atom stereocenters. The smallest absolute Gasteiger partial charge is 0.340 e. The molecule has 1 heterocycles. The van der Waals surface area contributed by atoms with Gasteiger partial charge in [-0.3, -0.25) is 9.78 Å². The number of amides is 1. The molecule has 0 bridgehead atoms. The number of aryl methyl sites for hydroxylation is 1. The van der Waals surface area contributed by atoms with Crippen molar-refractivity contribution in [2.45, 2.75) is 39.2 Å². The van der Waals surface area contributed by atoms with Crippen LogP contribution >= 0.6 is 0 Å². The first kappa shape index (κ1) is 24.5. The quantitative estimate of drug-likeness (QED) is 0.305. The molecule has 5 rings (SSSR count). The Kier molecular flexibility index (Phi) is 7.17. The van der Waals surface area contributed by atoms with Gasteiger partial charge in [-0.25, -0.2) is 4.79 Å². The van der Waals surface area contributed by atoms with Crippen molar-refractivity contribution >= 4 is 28.5 Å². The van der Waals surface area contributed by atoms with Crippen molar-refractivity contribution in [3.8, 4) is 5.75 Å².